The van der Waals surface area contributed by atoms with Gasteiger partial charge >= 0.3 is 11.9 Å². The van der Waals surface area contributed by atoms with Crippen molar-refractivity contribution in [1.82, 2.24) is 0 Å². The summed E-state index contributed by atoms with van der Waals surface area (Å²) in [6, 6.07) is 0. The van der Waals surface area contributed by atoms with Gasteiger partial charge in [-0.05, 0) is 12.8 Å². The second-order valence-electron chi connectivity index (χ2n) is 2.95. The lowest BCUT2D eigenvalue weighted by Gasteiger charge is -2.03. The van der Waals surface area contributed by atoms with Gasteiger partial charge in [-0.25, -0.2) is 9.59 Å². The molecule has 0 aromatic rings. The smallest absolute Gasteiger partial charge is 0.318 e. The van der Waals surface area contributed by atoms with Crippen LogP contribution in [0.5, 0.6) is 0 Å². The SMILES string of the molecule is CCC(=N\OC(C)=O)/C(CC)=N/OC(C)=O. The van der Waals surface area contributed by atoms with Gasteiger partial charge in [0.1, 0.15) is 11.4 Å². The van der Waals surface area contributed by atoms with E-state index < -0.39 is 11.9 Å². The van der Waals surface area contributed by atoms with Crippen molar-refractivity contribution in [3.8, 4) is 0 Å². The molecule has 6 nitrogen and oxygen atoms in total. The van der Waals surface area contributed by atoms with Crippen LogP contribution < -0.4 is 0 Å². The summed E-state index contributed by atoms with van der Waals surface area (Å²) < 4.78 is 0. The van der Waals surface area contributed by atoms with Crippen molar-refractivity contribution < 1.29 is 19.3 Å². The zero-order valence-corrected chi connectivity index (χ0v) is 9.94. The summed E-state index contributed by atoms with van der Waals surface area (Å²) in [5, 5.41) is 7.27. The number of rotatable bonds is 5. The fourth-order valence-electron chi connectivity index (χ4n) is 0.881. The molecule has 0 aromatic heterocycles. The van der Waals surface area contributed by atoms with Crippen LogP contribution >= 0.6 is 0 Å². The fraction of sp³-hybridized carbons (Fsp3) is 0.600. The average Bonchev–Trinajstić information content (AvgIpc) is 2.22. The minimum Gasteiger partial charge on any atom is -0.318 e. The largest absolute Gasteiger partial charge is 0.331 e. The number of hydrogen-bond donors (Lipinski definition) is 0. The monoisotopic (exact) mass is 228 g/mol. The van der Waals surface area contributed by atoms with Gasteiger partial charge in [0.25, 0.3) is 0 Å². The lowest BCUT2D eigenvalue weighted by Crippen LogP contribution is -2.15. The minimum absolute atomic E-state index is 0.485. The fourth-order valence-corrected chi connectivity index (χ4v) is 0.881. The van der Waals surface area contributed by atoms with E-state index in [1.807, 2.05) is 13.8 Å². The predicted octanol–water partition coefficient (Wildman–Crippen LogP) is 1.64. The van der Waals surface area contributed by atoms with Gasteiger partial charge in [-0.2, -0.15) is 0 Å². The highest BCUT2D eigenvalue weighted by Crippen LogP contribution is 1.98. The van der Waals surface area contributed by atoms with Gasteiger partial charge < -0.3 is 9.68 Å². The van der Waals surface area contributed by atoms with E-state index in [1.54, 1.807) is 0 Å². The molecule has 0 bridgehead atoms. The van der Waals surface area contributed by atoms with Crippen LogP contribution in [0.2, 0.25) is 0 Å². The Hall–Kier alpha value is -1.72. The number of carbonyl (C=O) groups is 2. The Morgan fingerprint density at radius 1 is 0.875 bits per heavy atom. The second kappa shape index (κ2) is 7.56. The molecule has 0 radical (unpaired) electrons. The normalized spacial score (nSPS) is 12.2. The van der Waals surface area contributed by atoms with Crippen molar-refractivity contribution in [3.05, 3.63) is 0 Å². The predicted molar refractivity (Wildman–Crippen MR) is 59.0 cm³/mol. The van der Waals surface area contributed by atoms with Crippen LogP contribution in [0.15, 0.2) is 10.3 Å². The molecular weight excluding hydrogens is 212 g/mol. The molecule has 90 valence electrons. The molecule has 0 atom stereocenters. The number of carbonyl (C=O) groups excluding carboxylic acids is 2. The maximum atomic E-state index is 10.6. The van der Waals surface area contributed by atoms with Crippen LogP contribution in [0.3, 0.4) is 0 Å². The van der Waals surface area contributed by atoms with Gasteiger partial charge in [0.2, 0.25) is 0 Å². The molecule has 0 aliphatic rings. The molecule has 0 aliphatic carbocycles. The topological polar surface area (TPSA) is 77.3 Å². The Balaban J connectivity index is 4.74. The first kappa shape index (κ1) is 14.3. The maximum Gasteiger partial charge on any atom is 0.331 e. The molecule has 0 fully saturated rings. The first-order valence-electron chi connectivity index (χ1n) is 5.00. The molecule has 0 rings (SSSR count). The van der Waals surface area contributed by atoms with Crippen LogP contribution in [-0.4, -0.2) is 23.4 Å². The summed E-state index contributed by atoms with van der Waals surface area (Å²) in [6.07, 6.45) is 1.06. The molecule has 0 heterocycles. The van der Waals surface area contributed by atoms with Crippen LogP contribution in [0, 0.1) is 0 Å². The quantitative estimate of drug-likeness (QED) is 0.407. The molecule has 6 heteroatoms. The lowest BCUT2D eigenvalue weighted by atomic mass is 10.1. The molecule has 0 spiro atoms. The number of hydrogen-bond acceptors (Lipinski definition) is 6. The Morgan fingerprint density at radius 2 is 1.19 bits per heavy atom. The lowest BCUT2D eigenvalue weighted by molar-refractivity contribution is -0.142. The zero-order valence-electron chi connectivity index (χ0n) is 9.94. The van der Waals surface area contributed by atoms with Crippen molar-refractivity contribution in [2.24, 2.45) is 10.3 Å². The minimum atomic E-state index is -0.506. The third kappa shape index (κ3) is 5.90. The molecule has 0 saturated heterocycles. The van der Waals surface area contributed by atoms with E-state index in [-0.39, 0.29) is 0 Å². The summed E-state index contributed by atoms with van der Waals surface area (Å²) in [4.78, 5) is 30.2. The highest BCUT2D eigenvalue weighted by molar-refractivity contribution is 6.42. The van der Waals surface area contributed by atoms with E-state index in [0.29, 0.717) is 24.3 Å². The molecule has 0 amide bonds. The molecule has 0 aliphatic heterocycles. The van der Waals surface area contributed by atoms with Crippen molar-refractivity contribution in [1.29, 1.82) is 0 Å². The first-order valence-corrected chi connectivity index (χ1v) is 5.00. The molecule has 0 saturated carbocycles. The summed E-state index contributed by atoms with van der Waals surface area (Å²) in [5.41, 5.74) is 0.970. The zero-order chi connectivity index (χ0) is 12.6. The first-order chi connectivity index (χ1) is 7.51. The molecule has 16 heavy (non-hydrogen) atoms. The van der Waals surface area contributed by atoms with E-state index in [1.165, 1.54) is 13.8 Å². The highest BCUT2D eigenvalue weighted by atomic mass is 16.7. The molecule has 0 N–H and O–H groups in total. The average molecular weight is 228 g/mol. The third-order valence-corrected chi connectivity index (χ3v) is 1.57. The Labute approximate surface area is 94.3 Å². The molecule has 0 unspecified atom stereocenters. The van der Waals surface area contributed by atoms with E-state index >= 15 is 0 Å². The van der Waals surface area contributed by atoms with Crippen LogP contribution in [-0.2, 0) is 19.3 Å². The van der Waals surface area contributed by atoms with Gasteiger partial charge in [-0.15, -0.1) is 0 Å². The van der Waals surface area contributed by atoms with Gasteiger partial charge in [-0.1, -0.05) is 24.2 Å². The number of oxime groups is 2. The van der Waals surface area contributed by atoms with Gasteiger partial charge in [0.05, 0.1) is 0 Å². The van der Waals surface area contributed by atoms with E-state index in [4.69, 9.17) is 0 Å². The van der Waals surface area contributed by atoms with Crippen molar-refractivity contribution in [2.45, 2.75) is 40.5 Å². The Morgan fingerprint density at radius 3 is 1.38 bits per heavy atom. The van der Waals surface area contributed by atoms with Gasteiger partial charge in [-0.3, -0.25) is 0 Å². The Bertz CT molecular complexity index is 289. The standard InChI is InChI=1S/C10H16N2O4/c1-5-9(11-15-7(3)13)10(6-2)12-16-8(4)14/h5-6H2,1-4H3/b11-9+,12-10+. The number of nitrogens with zero attached hydrogens (tertiary/aromatic N) is 2. The summed E-state index contributed by atoms with van der Waals surface area (Å²) >= 11 is 0. The maximum absolute atomic E-state index is 10.6. The van der Waals surface area contributed by atoms with E-state index in [9.17, 15) is 9.59 Å². The molecule has 0 aromatic carbocycles. The van der Waals surface area contributed by atoms with E-state index in [2.05, 4.69) is 20.0 Å². The molecular formula is C10H16N2O4. The van der Waals surface area contributed by atoms with Crippen molar-refractivity contribution in [2.75, 3.05) is 0 Å². The van der Waals surface area contributed by atoms with E-state index in [0.717, 1.165) is 0 Å². The summed E-state index contributed by atoms with van der Waals surface area (Å²) in [5.74, 6) is -1.01. The highest BCUT2D eigenvalue weighted by Gasteiger charge is 2.08. The van der Waals surface area contributed by atoms with Gasteiger partial charge in [0, 0.05) is 13.8 Å². The van der Waals surface area contributed by atoms with Crippen molar-refractivity contribution in [3.63, 3.8) is 0 Å². The second-order valence-corrected chi connectivity index (χ2v) is 2.95. The van der Waals surface area contributed by atoms with Crippen LogP contribution in [0.1, 0.15) is 40.5 Å². The van der Waals surface area contributed by atoms with Crippen LogP contribution in [0.25, 0.3) is 0 Å². The van der Waals surface area contributed by atoms with Crippen molar-refractivity contribution >= 4 is 23.4 Å². The summed E-state index contributed by atoms with van der Waals surface area (Å²) in [7, 11) is 0. The van der Waals surface area contributed by atoms with Gasteiger partial charge in [0.15, 0.2) is 0 Å². The third-order valence-electron chi connectivity index (χ3n) is 1.57. The van der Waals surface area contributed by atoms with Crippen LogP contribution in [0.4, 0.5) is 0 Å². The Kier molecular flexibility index (Phi) is 6.74. The summed E-state index contributed by atoms with van der Waals surface area (Å²) in [6.45, 7) is 6.18.